The number of carbonyl (C=O) groups excluding carboxylic acids is 1. The van der Waals surface area contributed by atoms with Crippen molar-refractivity contribution in [3.63, 3.8) is 0 Å². The summed E-state index contributed by atoms with van der Waals surface area (Å²) < 4.78 is 69.8. The first kappa shape index (κ1) is 24.3. The standard InChI is InChI=1S/C22H17F3N2O4S2/c23-22(24,25)17-11-12-20(33(29,30)31-18-7-3-1-4-8-18)16(13-17)14-26-27-21(28)15-32-19-9-5-2-6-10-19/h1-14H,15H2,(H,27,28)/b26-14+. The molecule has 0 saturated carbocycles. The molecular weight excluding hydrogens is 477 g/mol. The van der Waals surface area contributed by atoms with Crippen LogP contribution in [0.15, 0.2) is 93.8 Å². The van der Waals surface area contributed by atoms with Gasteiger partial charge in [-0.3, -0.25) is 4.79 Å². The third kappa shape index (κ3) is 7.09. The Morgan fingerprint density at radius 2 is 1.64 bits per heavy atom. The fourth-order valence-electron chi connectivity index (χ4n) is 2.57. The van der Waals surface area contributed by atoms with Crippen molar-refractivity contribution in [3.8, 4) is 5.75 Å². The van der Waals surface area contributed by atoms with Crippen molar-refractivity contribution >= 4 is 34.0 Å². The minimum absolute atomic E-state index is 0.00617. The summed E-state index contributed by atoms with van der Waals surface area (Å²) in [6.45, 7) is 0. The highest BCUT2D eigenvalue weighted by Crippen LogP contribution is 2.32. The first-order chi connectivity index (χ1) is 15.6. The van der Waals surface area contributed by atoms with E-state index in [1.165, 1.54) is 23.9 Å². The molecule has 0 atom stereocenters. The van der Waals surface area contributed by atoms with E-state index in [1.54, 1.807) is 18.2 Å². The van der Waals surface area contributed by atoms with Gasteiger partial charge >= 0.3 is 16.3 Å². The van der Waals surface area contributed by atoms with Gasteiger partial charge in [-0.15, -0.1) is 11.8 Å². The largest absolute Gasteiger partial charge is 0.416 e. The van der Waals surface area contributed by atoms with Crippen LogP contribution in [0.1, 0.15) is 11.1 Å². The average Bonchev–Trinajstić information content (AvgIpc) is 2.78. The van der Waals surface area contributed by atoms with Crippen LogP contribution >= 0.6 is 11.8 Å². The lowest BCUT2D eigenvalue weighted by Crippen LogP contribution is -2.20. The fourth-order valence-corrected chi connectivity index (χ4v) is 4.37. The normalized spacial score (nSPS) is 12.0. The van der Waals surface area contributed by atoms with Gasteiger partial charge in [0, 0.05) is 10.5 Å². The van der Waals surface area contributed by atoms with Crippen molar-refractivity contribution in [1.29, 1.82) is 0 Å². The van der Waals surface area contributed by atoms with Gasteiger partial charge in [0.2, 0.25) is 5.91 Å². The van der Waals surface area contributed by atoms with E-state index in [4.69, 9.17) is 4.18 Å². The number of halogens is 3. The molecule has 6 nitrogen and oxygen atoms in total. The Kier molecular flexibility index (Phi) is 7.77. The van der Waals surface area contributed by atoms with Gasteiger partial charge in [-0.1, -0.05) is 36.4 Å². The number of rotatable bonds is 8. The average molecular weight is 495 g/mol. The van der Waals surface area contributed by atoms with Crippen LogP contribution in [0.3, 0.4) is 0 Å². The molecule has 1 N–H and O–H groups in total. The zero-order valence-electron chi connectivity index (χ0n) is 16.8. The SMILES string of the molecule is O=C(CSc1ccccc1)N/N=C/c1cc(C(F)(F)F)ccc1S(=O)(=O)Oc1ccccc1. The van der Waals surface area contributed by atoms with E-state index in [2.05, 4.69) is 10.5 Å². The molecule has 0 bridgehead atoms. The van der Waals surface area contributed by atoms with E-state index in [0.29, 0.717) is 12.1 Å². The minimum atomic E-state index is -4.71. The summed E-state index contributed by atoms with van der Waals surface area (Å²) in [5.74, 6) is -0.518. The zero-order chi connectivity index (χ0) is 23.9. The van der Waals surface area contributed by atoms with Gasteiger partial charge in [-0.05, 0) is 42.5 Å². The highest BCUT2D eigenvalue weighted by molar-refractivity contribution is 8.00. The molecule has 172 valence electrons. The maximum Gasteiger partial charge on any atom is 0.416 e. The lowest BCUT2D eigenvalue weighted by Gasteiger charge is -2.12. The van der Waals surface area contributed by atoms with Gasteiger partial charge < -0.3 is 4.18 Å². The molecule has 3 aromatic carbocycles. The van der Waals surface area contributed by atoms with Crippen LogP contribution in [0, 0.1) is 0 Å². The van der Waals surface area contributed by atoms with Crippen LogP contribution in [0.25, 0.3) is 0 Å². The summed E-state index contributed by atoms with van der Waals surface area (Å²) >= 11 is 1.24. The summed E-state index contributed by atoms with van der Waals surface area (Å²) in [4.78, 5) is 12.3. The van der Waals surface area contributed by atoms with E-state index in [0.717, 1.165) is 17.2 Å². The molecule has 1 amide bonds. The Labute approximate surface area is 192 Å². The molecule has 0 heterocycles. The topological polar surface area (TPSA) is 84.8 Å². The fraction of sp³-hybridized carbons (Fsp3) is 0.0909. The Bertz CT molecular complexity index is 1230. The second-order valence-corrected chi connectivity index (χ2v) is 9.06. The Morgan fingerprint density at radius 1 is 1.00 bits per heavy atom. The van der Waals surface area contributed by atoms with Crippen molar-refractivity contribution in [3.05, 3.63) is 90.0 Å². The van der Waals surface area contributed by atoms with Crippen LogP contribution in [0.5, 0.6) is 5.75 Å². The quantitative estimate of drug-likeness (QED) is 0.212. The molecule has 0 spiro atoms. The summed E-state index contributed by atoms with van der Waals surface area (Å²) in [5.41, 5.74) is 0.713. The number of thioether (sulfide) groups is 1. The van der Waals surface area contributed by atoms with E-state index in [9.17, 15) is 26.4 Å². The Balaban J connectivity index is 1.80. The number of hydrogen-bond acceptors (Lipinski definition) is 6. The van der Waals surface area contributed by atoms with Gasteiger partial charge in [0.15, 0.2) is 0 Å². The van der Waals surface area contributed by atoms with Gasteiger partial charge in [0.05, 0.1) is 17.5 Å². The number of hydrazone groups is 1. The number of nitrogens with zero attached hydrogens (tertiary/aromatic N) is 1. The first-order valence-electron chi connectivity index (χ1n) is 9.36. The third-order valence-corrected chi connectivity index (χ3v) is 6.40. The molecular formula is C22H17F3N2O4S2. The van der Waals surface area contributed by atoms with Gasteiger partial charge in [-0.25, -0.2) is 5.43 Å². The van der Waals surface area contributed by atoms with Gasteiger partial charge in [0.25, 0.3) is 0 Å². The second kappa shape index (κ2) is 10.5. The molecule has 0 saturated heterocycles. The zero-order valence-corrected chi connectivity index (χ0v) is 18.5. The van der Waals surface area contributed by atoms with E-state index in [1.807, 2.05) is 30.3 Å². The summed E-state index contributed by atoms with van der Waals surface area (Å²) in [6.07, 6.45) is -3.87. The number of hydrogen-bond donors (Lipinski definition) is 1. The molecule has 3 rings (SSSR count). The van der Waals surface area contributed by atoms with Crippen molar-refractivity contribution in [1.82, 2.24) is 5.43 Å². The highest BCUT2D eigenvalue weighted by atomic mass is 32.2. The smallest absolute Gasteiger partial charge is 0.379 e. The monoisotopic (exact) mass is 494 g/mol. The van der Waals surface area contributed by atoms with Crippen molar-refractivity contribution < 1.29 is 30.6 Å². The van der Waals surface area contributed by atoms with Crippen LogP contribution in [-0.4, -0.2) is 26.3 Å². The number of nitrogens with one attached hydrogen (secondary N) is 1. The molecule has 0 radical (unpaired) electrons. The van der Waals surface area contributed by atoms with Gasteiger partial charge in [-0.2, -0.15) is 26.7 Å². The predicted molar refractivity (Wildman–Crippen MR) is 119 cm³/mol. The number of carbonyl (C=O) groups is 1. The van der Waals surface area contributed by atoms with Crippen molar-refractivity contribution in [2.24, 2.45) is 5.10 Å². The maximum absolute atomic E-state index is 13.2. The summed E-state index contributed by atoms with van der Waals surface area (Å²) in [5, 5.41) is 3.63. The lowest BCUT2D eigenvalue weighted by atomic mass is 10.1. The van der Waals surface area contributed by atoms with Crippen molar-refractivity contribution in [2.45, 2.75) is 16.0 Å². The van der Waals surface area contributed by atoms with E-state index >= 15 is 0 Å². The molecule has 0 fully saturated rings. The van der Waals surface area contributed by atoms with Crippen molar-refractivity contribution in [2.75, 3.05) is 5.75 Å². The molecule has 0 aliphatic rings. The molecule has 33 heavy (non-hydrogen) atoms. The number of benzene rings is 3. The molecule has 11 heteroatoms. The number of amides is 1. The molecule has 0 aliphatic carbocycles. The van der Waals surface area contributed by atoms with E-state index < -0.39 is 38.2 Å². The molecule has 0 unspecified atom stereocenters. The van der Waals surface area contributed by atoms with Crippen LogP contribution < -0.4 is 9.61 Å². The first-order valence-corrected chi connectivity index (χ1v) is 11.7. The molecule has 0 aliphatic heterocycles. The van der Waals surface area contributed by atoms with Crippen LogP contribution in [0.4, 0.5) is 13.2 Å². The van der Waals surface area contributed by atoms with Gasteiger partial charge in [0.1, 0.15) is 10.6 Å². The lowest BCUT2D eigenvalue weighted by molar-refractivity contribution is -0.137. The van der Waals surface area contributed by atoms with E-state index in [-0.39, 0.29) is 11.5 Å². The second-order valence-electron chi connectivity index (χ2n) is 6.50. The maximum atomic E-state index is 13.2. The number of alkyl halides is 3. The summed E-state index contributed by atoms with van der Waals surface area (Å²) in [7, 11) is -4.48. The Morgan fingerprint density at radius 3 is 2.27 bits per heavy atom. The molecule has 3 aromatic rings. The minimum Gasteiger partial charge on any atom is -0.379 e. The number of para-hydroxylation sites is 1. The molecule has 0 aromatic heterocycles. The summed E-state index contributed by atoms with van der Waals surface area (Å²) in [6, 6.07) is 18.6. The highest BCUT2D eigenvalue weighted by Gasteiger charge is 2.32. The third-order valence-electron chi connectivity index (χ3n) is 4.06. The predicted octanol–water partition coefficient (Wildman–Crippen LogP) is 4.72. The van der Waals surface area contributed by atoms with Crippen LogP contribution in [-0.2, 0) is 21.1 Å². The Hall–Kier alpha value is -3.31. The van der Waals surface area contributed by atoms with Crippen LogP contribution in [0.2, 0.25) is 0 Å².